The molecule has 4 rings (SSSR count). The molecular formula is C16H11FN2S. The zero-order valence-electron chi connectivity index (χ0n) is 10.8. The van der Waals surface area contributed by atoms with Crippen LogP contribution in [0, 0.1) is 12.7 Å². The first-order valence-electron chi connectivity index (χ1n) is 6.36. The molecule has 0 amide bonds. The molecule has 0 saturated carbocycles. The highest BCUT2D eigenvalue weighted by atomic mass is 32.1. The zero-order valence-corrected chi connectivity index (χ0v) is 11.6. The minimum atomic E-state index is -0.223. The summed E-state index contributed by atoms with van der Waals surface area (Å²) in [6.45, 7) is 2.00. The van der Waals surface area contributed by atoms with Gasteiger partial charge in [0.2, 0.25) is 0 Å². The van der Waals surface area contributed by atoms with E-state index in [1.165, 1.54) is 6.07 Å². The molecule has 0 fully saturated rings. The predicted molar refractivity (Wildman–Crippen MR) is 81.6 cm³/mol. The molecule has 0 aliphatic rings. The van der Waals surface area contributed by atoms with E-state index in [9.17, 15) is 4.39 Å². The molecule has 2 heterocycles. The summed E-state index contributed by atoms with van der Waals surface area (Å²) in [5.74, 6) is -0.223. The van der Waals surface area contributed by atoms with E-state index >= 15 is 0 Å². The Morgan fingerprint density at radius 2 is 2.00 bits per heavy atom. The smallest absolute Gasteiger partial charge is 0.127 e. The van der Waals surface area contributed by atoms with E-state index in [4.69, 9.17) is 0 Å². The maximum absolute atomic E-state index is 13.5. The predicted octanol–water partition coefficient (Wildman–Crippen LogP) is 4.89. The fourth-order valence-electron chi connectivity index (χ4n) is 2.55. The highest BCUT2D eigenvalue weighted by Crippen LogP contribution is 2.37. The normalized spacial score (nSPS) is 11.5. The fraction of sp³-hybridized carbons (Fsp3) is 0.0625. The summed E-state index contributed by atoms with van der Waals surface area (Å²) in [7, 11) is 0. The van der Waals surface area contributed by atoms with Gasteiger partial charge < -0.3 is 4.98 Å². The number of rotatable bonds is 1. The number of para-hydroxylation sites is 1. The number of H-pyrrole nitrogens is 1. The Kier molecular flexibility index (Phi) is 2.41. The first-order valence-corrected chi connectivity index (χ1v) is 7.18. The summed E-state index contributed by atoms with van der Waals surface area (Å²) in [6.07, 6.45) is 0. The number of aromatic nitrogens is 2. The molecule has 0 aliphatic carbocycles. The second-order valence-electron chi connectivity index (χ2n) is 4.80. The molecule has 0 atom stereocenters. The van der Waals surface area contributed by atoms with Crippen LogP contribution in [-0.2, 0) is 0 Å². The summed E-state index contributed by atoms with van der Waals surface area (Å²) >= 11 is 1.64. The average molecular weight is 282 g/mol. The number of fused-ring (bicyclic) bond motifs is 2. The van der Waals surface area contributed by atoms with Crippen molar-refractivity contribution in [3.05, 3.63) is 54.0 Å². The number of thiazole rings is 1. The quantitative estimate of drug-likeness (QED) is 0.529. The molecule has 20 heavy (non-hydrogen) atoms. The van der Waals surface area contributed by atoms with Gasteiger partial charge >= 0.3 is 0 Å². The number of hydrogen-bond donors (Lipinski definition) is 1. The summed E-state index contributed by atoms with van der Waals surface area (Å²) in [5.41, 5.74) is 3.95. The molecule has 0 radical (unpaired) electrons. The number of benzene rings is 2. The van der Waals surface area contributed by atoms with Crippen LogP contribution in [0.2, 0.25) is 0 Å². The molecule has 98 valence electrons. The zero-order chi connectivity index (χ0) is 13.7. The number of hydrogen-bond acceptors (Lipinski definition) is 2. The van der Waals surface area contributed by atoms with Gasteiger partial charge in [-0.3, -0.25) is 0 Å². The van der Waals surface area contributed by atoms with Gasteiger partial charge in [0.15, 0.2) is 0 Å². The van der Waals surface area contributed by atoms with Gasteiger partial charge in [-0.25, -0.2) is 9.37 Å². The van der Waals surface area contributed by atoms with Crippen molar-refractivity contribution >= 4 is 32.5 Å². The summed E-state index contributed by atoms with van der Waals surface area (Å²) in [5, 5.41) is 1.82. The number of nitrogens with zero attached hydrogens (tertiary/aromatic N) is 1. The number of nitrogens with one attached hydrogen (secondary N) is 1. The van der Waals surface area contributed by atoms with Crippen molar-refractivity contribution in [2.75, 3.05) is 0 Å². The third-order valence-electron chi connectivity index (χ3n) is 3.46. The molecule has 2 nitrogen and oxygen atoms in total. The monoisotopic (exact) mass is 282 g/mol. The highest BCUT2D eigenvalue weighted by molar-refractivity contribution is 7.21. The lowest BCUT2D eigenvalue weighted by molar-refractivity contribution is 0.630. The fourth-order valence-corrected chi connectivity index (χ4v) is 3.64. The van der Waals surface area contributed by atoms with Gasteiger partial charge in [-0.15, -0.1) is 11.3 Å². The highest BCUT2D eigenvalue weighted by Gasteiger charge is 2.15. The van der Waals surface area contributed by atoms with E-state index in [0.717, 1.165) is 37.4 Å². The molecular weight excluding hydrogens is 271 g/mol. The third kappa shape index (κ3) is 1.65. The van der Waals surface area contributed by atoms with Crippen LogP contribution in [0.25, 0.3) is 31.7 Å². The summed E-state index contributed by atoms with van der Waals surface area (Å²) in [4.78, 5) is 7.97. The SMILES string of the molecule is Cc1[nH]c2ccc(F)cc2c1-c1nc2ccccc2s1. The Balaban J connectivity index is 2.05. The minimum absolute atomic E-state index is 0.223. The van der Waals surface area contributed by atoms with Gasteiger partial charge in [0, 0.05) is 22.2 Å². The Hall–Kier alpha value is -2.20. The van der Waals surface area contributed by atoms with Crippen LogP contribution in [0.4, 0.5) is 4.39 Å². The van der Waals surface area contributed by atoms with E-state index in [1.54, 1.807) is 23.5 Å². The molecule has 0 spiro atoms. The summed E-state index contributed by atoms with van der Waals surface area (Å²) < 4.78 is 14.7. The number of aryl methyl sites for hydroxylation is 1. The molecule has 4 heteroatoms. The van der Waals surface area contributed by atoms with Crippen molar-refractivity contribution in [3.63, 3.8) is 0 Å². The molecule has 0 unspecified atom stereocenters. The van der Waals surface area contributed by atoms with Crippen LogP contribution >= 0.6 is 11.3 Å². The van der Waals surface area contributed by atoms with Gasteiger partial charge in [-0.2, -0.15) is 0 Å². The lowest BCUT2D eigenvalue weighted by Crippen LogP contribution is -1.78. The Morgan fingerprint density at radius 3 is 2.85 bits per heavy atom. The molecule has 1 N–H and O–H groups in total. The van der Waals surface area contributed by atoms with Gasteiger partial charge in [-0.1, -0.05) is 12.1 Å². The lowest BCUT2D eigenvalue weighted by atomic mass is 10.1. The van der Waals surface area contributed by atoms with Crippen LogP contribution in [-0.4, -0.2) is 9.97 Å². The Bertz CT molecular complexity index is 903. The molecule has 0 saturated heterocycles. The van der Waals surface area contributed by atoms with Crippen molar-refractivity contribution in [1.29, 1.82) is 0 Å². The van der Waals surface area contributed by atoms with Crippen LogP contribution in [0.3, 0.4) is 0 Å². The van der Waals surface area contributed by atoms with Crippen molar-refractivity contribution in [1.82, 2.24) is 9.97 Å². The average Bonchev–Trinajstić information content (AvgIpc) is 2.97. The van der Waals surface area contributed by atoms with Crippen LogP contribution in [0.15, 0.2) is 42.5 Å². The standard InChI is InChI=1S/C16H11FN2S/c1-9-15(11-8-10(17)6-7-12(11)18-9)16-19-13-4-2-3-5-14(13)20-16/h2-8,18H,1H3. The van der Waals surface area contributed by atoms with Crippen molar-refractivity contribution < 1.29 is 4.39 Å². The first-order chi connectivity index (χ1) is 9.72. The molecule has 2 aromatic heterocycles. The molecule has 0 bridgehead atoms. The maximum Gasteiger partial charge on any atom is 0.127 e. The maximum atomic E-state index is 13.5. The van der Waals surface area contributed by atoms with E-state index in [-0.39, 0.29) is 5.82 Å². The molecule has 2 aromatic carbocycles. The summed E-state index contributed by atoms with van der Waals surface area (Å²) in [6, 6.07) is 12.9. The van der Waals surface area contributed by atoms with Crippen molar-refractivity contribution in [3.8, 4) is 10.6 Å². The van der Waals surface area contributed by atoms with Gasteiger partial charge in [0.05, 0.1) is 10.2 Å². The topological polar surface area (TPSA) is 28.7 Å². The number of halogens is 1. The lowest BCUT2D eigenvalue weighted by Gasteiger charge is -1.96. The minimum Gasteiger partial charge on any atom is -0.358 e. The largest absolute Gasteiger partial charge is 0.358 e. The number of aromatic amines is 1. The first kappa shape index (κ1) is 11.6. The second-order valence-corrected chi connectivity index (χ2v) is 5.83. The van der Waals surface area contributed by atoms with Gasteiger partial charge in [-0.05, 0) is 37.3 Å². The van der Waals surface area contributed by atoms with Crippen LogP contribution in [0.5, 0.6) is 0 Å². The van der Waals surface area contributed by atoms with Crippen molar-refractivity contribution in [2.45, 2.75) is 6.92 Å². The molecule has 4 aromatic rings. The van der Waals surface area contributed by atoms with E-state index in [2.05, 4.69) is 16.0 Å². The molecule has 0 aliphatic heterocycles. The van der Waals surface area contributed by atoms with Crippen LogP contribution < -0.4 is 0 Å². The van der Waals surface area contributed by atoms with E-state index in [0.29, 0.717) is 0 Å². The third-order valence-corrected chi connectivity index (χ3v) is 4.51. The Morgan fingerprint density at radius 1 is 1.15 bits per heavy atom. The van der Waals surface area contributed by atoms with E-state index < -0.39 is 0 Å². The Labute approximate surface area is 118 Å². The van der Waals surface area contributed by atoms with E-state index in [1.807, 2.05) is 25.1 Å². The second kappa shape index (κ2) is 4.15. The van der Waals surface area contributed by atoms with Gasteiger partial charge in [0.1, 0.15) is 10.8 Å². The van der Waals surface area contributed by atoms with Gasteiger partial charge in [0.25, 0.3) is 0 Å². The van der Waals surface area contributed by atoms with Crippen LogP contribution in [0.1, 0.15) is 5.69 Å². The van der Waals surface area contributed by atoms with Crippen molar-refractivity contribution in [2.24, 2.45) is 0 Å².